The van der Waals surface area contributed by atoms with Gasteiger partial charge in [0.1, 0.15) is 4.47 Å². The van der Waals surface area contributed by atoms with Crippen molar-refractivity contribution in [2.24, 2.45) is 5.73 Å². The van der Waals surface area contributed by atoms with Crippen molar-refractivity contribution in [3.05, 3.63) is 60.7 Å². The van der Waals surface area contributed by atoms with Gasteiger partial charge < -0.3 is 5.73 Å². The molecule has 20 heavy (non-hydrogen) atoms. The van der Waals surface area contributed by atoms with Crippen LogP contribution in [0.5, 0.6) is 0 Å². The van der Waals surface area contributed by atoms with E-state index in [0.29, 0.717) is 16.1 Å². The van der Waals surface area contributed by atoms with E-state index >= 15 is 0 Å². The van der Waals surface area contributed by atoms with Gasteiger partial charge in [0.2, 0.25) is 5.91 Å². The van der Waals surface area contributed by atoms with Crippen molar-refractivity contribution in [1.29, 1.82) is 0 Å². The highest BCUT2D eigenvalue weighted by Crippen LogP contribution is 2.19. The summed E-state index contributed by atoms with van der Waals surface area (Å²) >= 11 is 14.9. The second-order valence-corrected chi connectivity index (χ2v) is 5.51. The van der Waals surface area contributed by atoms with Crippen molar-refractivity contribution < 1.29 is 4.79 Å². The lowest BCUT2D eigenvalue weighted by Gasteiger charge is -2.09. The Labute approximate surface area is 132 Å². The van der Waals surface area contributed by atoms with Crippen molar-refractivity contribution in [2.45, 2.75) is 6.54 Å². The van der Waals surface area contributed by atoms with E-state index in [1.165, 1.54) is 17.0 Å². The number of carbonyl (C=O) groups is 1. The molecule has 0 saturated carbocycles. The van der Waals surface area contributed by atoms with Crippen LogP contribution in [0, 0.1) is 0 Å². The van der Waals surface area contributed by atoms with Crippen molar-refractivity contribution >= 4 is 45.0 Å². The summed E-state index contributed by atoms with van der Waals surface area (Å²) in [4.78, 5) is 26.9. The van der Waals surface area contributed by atoms with Crippen LogP contribution in [0.25, 0.3) is 0 Å². The molecule has 2 N–H and O–H groups in total. The molecule has 0 aliphatic heterocycles. The maximum absolute atomic E-state index is 12.0. The summed E-state index contributed by atoms with van der Waals surface area (Å²) in [6, 6.07) is 4.65. The first kappa shape index (κ1) is 15.0. The Kier molecular flexibility index (Phi) is 4.47. The van der Waals surface area contributed by atoms with E-state index in [2.05, 4.69) is 20.9 Å². The number of primary amides is 1. The van der Waals surface area contributed by atoms with E-state index in [4.69, 9.17) is 28.9 Å². The molecule has 0 atom stereocenters. The smallest absolute Gasteiger partial charge is 0.269 e. The highest BCUT2D eigenvalue weighted by Gasteiger charge is 2.10. The molecule has 5 nitrogen and oxygen atoms in total. The van der Waals surface area contributed by atoms with Crippen LogP contribution in [0.15, 0.2) is 33.8 Å². The molecule has 0 radical (unpaired) electrons. The number of amides is 1. The molecule has 0 aliphatic rings. The van der Waals surface area contributed by atoms with Gasteiger partial charge in [0, 0.05) is 10.6 Å². The molecule has 2 aromatic rings. The van der Waals surface area contributed by atoms with Crippen molar-refractivity contribution in [2.75, 3.05) is 0 Å². The average molecular weight is 377 g/mol. The molecule has 1 aromatic heterocycles. The van der Waals surface area contributed by atoms with Crippen LogP contribution < -0.4 is 11.3 Å². The predicted octanol–water partition coefficient (Wildman–Crippen LogP) is 2.46. The fraction of sp³-hybridized carbons (Fsp3) is 0.0833. The SMILES string of the molecule is NC(=O)c1ccc(Cn2cnc(Cl)c(Br)c2=O)c(Cl)c1. The number of hydrogen-bond donors (Lipinski definition) is 1. The van der Waals surface area contributed by atoms with Crippen LogP contribution >= 0.6 is 39.1 Å². The van der Waals surface area contributed by atoms with Gasteiger partial charge in [-0.05, 0) is 33.6 Å². The van der Waals surface area contributed by atoms with Crippen molar-refractivity contribution in [1.82, 2.24) is 9.55 Å². The molecule has 104 valence electrons. The third-order valence-electron chi connectivity index (χ3n) is 2.62. The largest absolute Gasteiger partial charge is 0.366 e. The molecule has 0 spiro atoms. The normalized spacial score (nSPS) is 10.6. The summed E-state index contributed by atoms with van der Waals surface area (Å²) in [5, 5.41) is 0.445. The minimum Gasteiger partial charge on any atom is -0.366 e. The van der Waals surface area contributed by atoms with Gasteiger partial charge in [-0.2, -0.15) is 0 Å². The Balaban J connectivity index is 2.38. The number of rotatable bonds is 3. The summed E-state index contributed by atoms with van der Waals surface area (Å²) in [6.45, 7) is 0.208. The summed E-state index contributed by atoms with van der Waals surface area (Å²) < 4.78 is 1.53. The second kappa shape index (κ2) is 5.95. The maximum Gasteiger partial charge on any atom is 0.269 e. The fourth-order valence-electron chi connectivity index (χ4n) is 1.57. The molecule has 0 bridgehead atoms. The number of hydrogen-bond acceptors (Lipinski definition) is 3. The minimum atomic E-state index is -0.563. The monoisotopic (exact) mass is 375 g/mol. The van der Waals surface area contributed by atoms with Gasteiger partial charge in [-0.3, -0.25) is 14.2 Å². The van der Waals surface area contributed by atoms with Gasteiger partial charge in [0.05, 0.1) is 12.9 Å². The van der Waals surface area contributed by atoms with Gasteiger partial charge >= 0.3 is 0 Å². The molecular formula is C12H8BrCl2N3O2. The van der Waals surface area contributed by atoms with E-state index < -0.39 is 5.91 Å². The summed E-state index contributed by atoms with van der Waals surface area (Å²) in [6.07, 6.45) is 1.33. The molecule has 2 rings (SSSR count). The van der Waals surface area contributed by atoms with Crippen LogP contribution in [-0.2, 0) is 6.54 Å². The third kappa shape index (κ3) is 3.03. The average Bonchev–Trinajstić information content (AvgIpc) is 2.41. The fourth-order valence-corrected chi connectivity index (χ4v) is 2.26. The lowest BCUT2D eigenvalue weighted by molar-refractivity contribution is 0.100. The van der Waals surface area contributed by atoms with E-state index in [0.717, 1.165) is 0 Å². The third-order valence-corrected chi connectivity index (χ3v) is 4.20. The number of benzene rings is 1. The van der Waals surface area contributed by atoms with Crippen LogP contribution in [0.1, 0.15) is 15.9 Å². The Morgan fingerprint density at radius 2 is 2.10 bits per heavy atom. The second-order valence-electron chi connectivity index (χ2n) is 3.95. The Morgan fingerprint density at radius 1 is 1.40 bits per heavy atom. The molecule has 0 saturated heterocycles. The van der Waals surface area contributed by atoms with Crippen LogP contribution in [0.4, 0.5) is 0 Å². The highest BCUT2D eigenvalue weighted by atomic mass is 79.9. The van der Waals surface area contributed by atoms with E-state index in [9.17, 15) is 9.59 Å². The molecule has 1 aromatic carbocycles. The summed E-state index contributed by atoms with van der Waals surface area (Å²) in [5.41, 5.74) is 5.81. The topological polar surface area (TPSA) is 78.0 Å². The minimum absolute atomic E-state index is 0.0985. The van der Waals surface area contributed by atoms with E-state index in [-0.39, 0.29) is 21.7 Å². The van der Waals surface area contributed by atoms with Gasteiger partial charge in [0.15, 0.2) is 5.15 Å². The lowest BCUT2D eigenvalue weighted by Crippen LogP contribution is -2.22. The predicted molar refractivity (Wildman–Crippen MR) is 80.3 cm³/mol. The van der Waals surface area contributed by atoms with E-state index in [1.54, 1.807) is 12.1 Å². The standard InChI is InChI=1S/C12H8BrCl2N3O2/c13-9-10(15)17-5-18(12(9)20)4-7-2-1-6(11(16)19)3-8(7)14/h1-3,5H,4H2,(H2,16,19). The van der Waals surface area contributed by atoms with Crippen LogP contribution in [0.3, 0.4) is 0 Å². The van der Waals surface area contributed by atoms with Crippen molar-refractivity contribution in [3.63, 3.8) is 0 Å². The highest BCUT2D eigenvalue weighted by molar-refractivity contribution is 9.10. The van der Waals surface area contributed by atoms with E-state index in [1.807, 2.05) is 0 Å². The molecule has 1 heterocycles. The first-order valence-corrected chi connectivity index (χ1v) is 6.93. The molecule has 8 heteroatoms. The van der Waals surface area contributed by atoms with Crippen LogP contribution in [0.2, 0.25) is 10.2 Å². The quantitative estimate of drug-likeness (QED) is 0.835. The molecule has 0 unspecified atom stereocenters. The zero-order valence-corrected chi connectivity index (χ0v) is 13.0. The summed E-state index contributed by atoms with van der Waals surface area (Å²) in [7, 11) is 0. The van der Waals surface area contributed by atoms with Gasteiger partial charge in [0.25, 0.3) is 5.56 Å². The number of carbonyl (C=O) groups excluding carboxylic acids is 1. The first-order valence-electron chi connectivity index (χ1n) is 5.39. The van der Waals surface area contributed by atoms with Crippen molar-refractivity contribution in [3.8, 4) is 0 Å². The van der Waals surface area contributed by atoms with Gasteiger partial charge in [-0.25, -0.2) is 4.98 Å². The first-order chi connectivity index (χ1) is 9.40. The lowest BCUT2D eigenvalue weighted by atomic mass is 10.1. The number of nitrogens with two attached hydrogens (primary N) is 1. The Morgan fingerprint density at radius 3 is 2.70 bits per heavy atom. The van der Waals surface area contributed by atoms with Gasteiger partial charge in [-0.15, -0.1) is 0 Å². The molecule has 0 fully saturated rings. The molecule has 0 aliphatic carbocycles. The Bertz CT molecular complexity index is 746. The van der Waals surface area contributed by atoms with Crippen LogP contribution in [-0.4, -0.2) is 15.5 Å². The number of aromatic nitrogens is 2. The zero-order valence-electron chi connectivity index (χ0n) is 9.94. The Hall–Kier alpha value is -1.37. The molecular weight excluding hydrogens is 369 g/mol. The zero-order chi connectivity index (χ0) is 14.9. The molecule has 1 amide bonds. The van der Waals surface area contributed by atoms with Gasteiger partial charge in [-0.1, -0.05) is 29.3 Å². The summed E-state index contributed by atoms with van der Waals surface area (Å²) in [5.74, 6) is -0.563. The maximum atomic E-state index is 12.0. The number of nitrogens with zero attached hydrogens (tertiary/aromatic N) is 2. The number of halogens is 3.